The van der Waals surface area contributed by atoms with Gasteiger partial charge in [0.2, 0.25) is 0 Å². The van der Waals surface area contributed by atoms with Gasteiger partial charge in [-0.1, -0.05) is 44.2 Å². The highest BCUT2D eigenvalue weighted by molar-refractivity contribution is 6.07. The van der Waals surface area contributed by atoms with Gasteiger partial charge < -0.3 is 15.2 Å². The van der Waals surface area contributed by atoms with Crippen molar-refractivity contribution in [1.82, 2.24) is 9.55 Å². The number of benzene rings is 2. The zero-order valence-corrected chi connectivity index (χ0v) is 19.6. The monoisotopic (exact) mass is 466 g/mol. The van der Waals surface area contributed by atoms with E-state index >= 15 is 0 Å². The number of methoxy groups -OCH3 is 1. The van der Waals surface area contributed by atoms with Crippen LogP contribution in [0.4, 0.5) is 11.5 Å². The van der Waals surface area contributed by atoms with E-state index in [0.29, 0.717) is 23.8 Å². The van der Waals surface area contributed by atoms with Gasteiger partial charge in [0.15, 0.2) is 5.69 Å². The predicted molar refractivity (Wildman–Crippen MR) is 132 cm³/mol. The van der Waals surface area contributed by atoms with Crippen molar-refractivity contribution in [2.24, 2.45) is 5.92 Å². The van der Waals surface area contributed by atoms with Crippen molar-refractivity contribution < 1.29 is 14.3 Å². The average Bonchev–Trinajstić information content (AvgIpc) is 2.83. The summed E-state index contributed by atoms with van der Waals surface area (Å²) in [6.07, 6.45) is 0. The molecule has 0 bridgehead atoms. The smallest absolute Gasteiger partial charge is 0.330 e. The highest BCUT2D eigenvalue weighted by atomic mass is 16.5. The largest absolute Gasteiger partial charge is 0.493 e. The maximum atomic E-state index is 13.4. The van der Waals surface area contributed by atoms with E-state index in [-0.39, 0.29) is 31.2 Å². The first-order chi connectivity index (χ1) is 16.3. The number of ether oxygens (including phenoxy) is 2. The second-order valence-electron chi connectivity index (χ2n) is 8.24. The second-order valence-corrected chi connectivity index (χ2v) is 8.24. The molecule has 34 heavy (non-hydrogen) atoms. The molecule has 0 unspecified atom stereocenters. The fourth-order valence-corrected chi connectivity index (χ4v) is 3.37. The van der Waals surface area contributed by atoms with Crippen molar-refractivity contribution in [3.05, 3.63) is 86.6 Å². The number of anilines is 2. The van der Waals surface area contributed by atoms with E-state index in [2.05, 4.69) is 4.98 Å². The van der Waals surface area contributed by atoms with Crippen LogP contribution < -0.4 is 26.6 Å². The first-order valence-corrected chi connectivity index (χ1v) is 11.0. The van der Waals surface area contributed by atoms with E-state index in [9.17, 15) is 14.4 Å². The first-order valence-electron chi connectivity index (χ1n) is 11.0. The van der Waals surface area contributed by atoms with Crippen LogP contribution >= 0.6 is 0 Å². The lowest BCUT2D eigenvalue weighted by molar-refractivity contribution is 0.0975. The summed E-state index contributed by atoms with van der Waals surface area (Å²) in [4.78, 5) is 42.3. The molecular weight excluding hydrogens is 436 g/mol. The Balaban J connectivity index is 1.98. The number of nitrogen functional groups attached to an aromatic ring is 1. The number of carbonyl (C=O) groups is 1. The molecule has 0 saturated carbocycles. The number of carbonyl (C=O) groups excluding carboxylic acids is 1. The van der Waals surface area contributed by atoms with E-state index in [4.69, 9.17) is 15.2 Å². The minimum absolute atomic E-state index is 0.0672. The lowest BCUT2D eigenvalue weighted by Crippen LogP contribution is -2.42. The number of aromatic nitrogens is 2. The zero-order valence-electron chi connectivity index (χ0n) is 19.6. The summed E-state index contributed by atoms with van der Waals surface area (Å²) in [5.74, 6) is 0.461. The van der Waals surface area contributed by atoms with Gasteiger partial charge in [-0.25, -0.2) is 4.79 Å². The molecule has 3 aromatic rings. The molecule has 3 N–H and O–H groups in total. The molecule has 9 heteroatoms. The van der Waals surface area contributed by atoms with Crippen LogP contribution in [0.2, 0.25) is 0 Å². The first kappa shape index (κ1) is 24.8. The van der Waals surface area contributed by atoms with Gasteiger partial charge in [-0.15, -0.1) is 0 Å². The highest BCUT2D eigenvalue weighted by Crippen LogP contribution is 2.21. The number of hydrogen-bond donors (Lipinski definition) is 2. The van der Waals surface area contributed by atoms with Crippen LogP contribution in [0.15, 0.2) is 64.2 Å². The molecule has 180 valence electrons. The summed E-state index contributed by atoms with van der Waals surface area (Å²) in [5, 5.41) is 0. The summed E-state index contributed by atoms with van der Waals surface area (Å²) < 4.78 is 12.1. The molecular formula is C25H30N4O5. The molecule has 0 spiro atoms. The van der Waals surface area contributed by atoms with Crippen LogP contribution in [0, 0.1) is 5.92 Å². The van der Waals surface area contributed by atoms with Gasteiger partial charge in [-0.3, -0.25) is 24.0 Å². The number of amides is 1. The Morgan fingerprint density at radius 3 is 2.38 bits per heavy atom. The van der Waals surface area contributed by atoms with Gasteiger partial charge >= 0.3 is 5.69 Å². The maximum Gasteiger partial charge on any atom is 0.330 e. The van der Waals surface area contributed by atoms with E-state index in [1.807, 2.05) is 44.2 Å². The van der Waals surface area contributed by atoms with Gasteiger partial charge in [0.25, 0.3) is 11.5 Å². The predicted octanol–water partition coefficient (Wildman–Crippen LogP) is 2.50. The Morgan fingerprint density at radius 1 is 1.09 bits per heavy atom. The third-order valence-electron chi connectivity index (χ3n) is 5.12. The van der Waals surface area contributed by atoms with Crippen LogP contribution in [0.5, 0.6) is 5.75 Å². The van der Waals surface area contributed by atoms with Crippen LogP contribution in [-0.4, -0.2) is 42.3 Å². The summed E-state index contributed by atoms with van der Waals surface area (Å²) >= 11 is 0. The zero-order chi connectivity index (χ0) is 24.7. The SMILES string of the molecule is COCCN(C(=O)c1ccc(OCC(C)C)cc1)c1c(N)n(Cc2ccccc2)c(=O)[nH]c1=O. The van der Waals surface area contributed by atoms with Crippen molar-refractivity contribution in [1.29, 1.82) is 0 Å². The van der Waals surface area contributed by atoms with Gasteiger partial charge in [-0.05, 0) is 35.7 Å². The van der Waals surface area contributed by atoms with E-state index in [1.165, 1.54) is 16.6 Å². The Labute approximate surface area is 197 Å². The normalized spacial score (nSPS) is 10.9. The Morgan fingerprint density at radius 2 is 1.76 bits per heavy atom. The lowest BCUT2D eigenvalue weighted by atomic mass is 10.1. The topological polar surface area (TPSA) is 120 Å². The third-order valence-corrected chi connectivity index (χ3v) is 5.12. The summed E-state index contributed by atoms with van der Waals surface area (Å²) in [5.41, 5.74) is 5.97. The highest BCUT2D eigenvalue weighted by Gasteiger charge is 2.25. The Bertz CT molecular complexity index is 1220. The maximum absolute atomic E-state index is 13.4. The number of rotatable bonds is 10. The summed E-state index contributed by atoms with van der Waals surface area (Å²) in [6, 6.07) is 15.9. The van der Waals surface area contributed by atoms with E-state index < -0.39 is 17.2 Å². The van der Waals surface area contributed by atoms with Crippen LogP contribution in [0.25, 0.3) is 0 Å². The third kappa shape index (κ3) is 5.93. The van der Waals surface area contributed by atoms with Crippen molar-refractivity contribution in [3.8, 4) is 5.75 Å². The van der Waals surface area contributed by atoms with E-state index in [1.54, 1.807) is 24.3 Å². The molecule has 1 aromatic heterocycles. The fourth-order valence-electron chi connectivity index (χ4n) is 3.37. The number of aromatic amines is 1. The van der Waals surface area contributed by atoms with Gasteiger partial charge in [-0.2, -0.15) is 0 Å². The van der Waals surface area contributed by atoms with Crippen molar-refractivity contribution in [3.63, 3.8) is 0 Å². The minimum Gasteiger partial charge on any atom is -0.493 e. The molecule has 9 nitrogen and oxygen atoms in total. The van der Waals surface area contributed by atoms with E-state index in [0.717, 1.165) is 5.56 Å². The number of hydrogen-bond acceptors (Lipinski definition) is 6. The lowest BCUT2D eigenvalue weighted by Gasteiger charge is -2.24. The quantitative estimate of drug-likeness (QED) is 0.474. The molecule has 0 saturated heterocycles. The molecule has 0 aliphatic carbocycles. The number of nitrogens with two attached hydrogens (primary N) is 1. The van der Waals surface area contributed by atoms with Gasteiger partial charge in [0.05, 0.1) is 19.8 Å². The standard InChI is InChI=1S/C25H30N4O5/c1-17(2)16-34-20-11-9-19(10-12-20)24(31)28(13-14-33-3)21-22(26)29(25(32)27-23(21)30)15-18-7-5-4-6-8-18/h4-12,17H,13-16,26H2,1-3H3,(H,27,30,32). The molecule has 0 atom stereocenters. The van der Waals surface area contributed by atoms with Crippen LogP contribution in [0.1, 0.15) is 29.8 Å². The van der Waals surface area contributed by atoms with Crippen molar-refractivity contribution >= 4 is 17.4 Å². The van der Waals surface area contributed by atoms with Crippen molar-refractivity contribution in [2.75, 3.05) is 37.5 Å². The number of H-pyrrole nitrogens is 1. The molecule has 0 aliphatic heterocycles. The Kier molecular flexibility index (Phi) is 8.26. The fraction of sp³-hybridized carbons (Fsp3) is 0.320. The molecule has 0 fully saturated rings. The summed E-state index contributed by atoms with van der Waals surface area (Å²) in [7, 11) is 1.49. The molecule has 2 aromatic carbocycles. The molecule has 1 amide bonds. The minimum atomic E-state index is -0.742. The van der Waals surface area contributed by atoms with Gasteiger partial charge in [0.1, 0.15) is 11.6 Å². The summed E-state index contributed by atoms with van der Waals surface area (Å²) in [6.45, 7) is 5.02. The molecule has 1 heterocycles. The second kappa shape index (κ2) is 11.3. The molecule has 3 rings (SSSR count). The molecule has 0 aliphatic rings. The molecule has 0 radical (unpaired) electrons. The Hall–Kier alpha value is -3.85. The van der Waals surface area contributed by atoms with Gasteiger partial charge in [0, 0.05) is 19.2 Å². The number of nitrogens with one attached hydrogen (secondary N) is 1. The number of nitrogens with zero attached hydrogens (tertiary/aromatic N) is 2. The van der Waals surface area contributed by atoms with Crippen LogP contribution in [-0.2, 0) is 11.3 Å². The van der Waals surface area contributed by atoms with Crippen LogP contribution in [0.3, 0.4) is 0 Å². The average molecular weight is 467 g/mol. The van der Waals surface area contributed by atoms with Crippen molar-refractivity contribution in [2.45, 2.75) is 20.4 Å².